The van der Waals surface area contributed by atoms with Gasteiger partial charge in [-0.15, -0.1) is 0 Å². The molecule has 108 valence electrons. The Labute approximate surface area is 118 Å². The lowest BCUT2D eigenvalue weighted by Gasteiger charge is -2.15. The molecule has 1 aliphatic heterocycles. The van der Waals surface area contributed by atoms with Crippen LogP contribution in [-0.2, 0) is 0 Å². The van der Waals surface area contributed by atoms with E-state index < -0.39 is 0 Å². The van der Waals surface area contributed by atoms with Crippen LogP contribution in [0.25, 0.3) is 11.0 Å². The van der Waals surface area contributed by atoms with Crippen LogP contribution in [0.1, 0.15) is 12.5 Å². The molecule has 1 atom stereocenters. The summed E-state index contributed by atoms with van der Waals surface area (Å²) in [6, 6.07) is 4.19. The molecule has 0 amide bonds. The van der Waals surface area contributed by atoms with Crippen molar-refractivity contribution in [1.29, 1.82) is 0 Å². The quantitative estimate of drug-likeness (QED) is 0.920. The van der Waals surface area contributed by atoms with E-state index >= 15 is 0 Å². The molecule has 20 heavy (non-hydrogen) atoms. The number of ether oxygens (including phenoxy) is 2. The van der Waals surface area contributed by atoms with Gasteiger partial charge in [0, 0.05) is 18.7 Å². The standard InChI is InChI=1S/C14H20N4O2/c1-17-5-4-9(8-17)18-11-7-13(20-3)12(19-2)6-10(11)16-14(18)15/h6-7,9H,4-5,8H2,1-3H3,(H2,15,16). The van der Waals surface area contributed by atoms with E-state index in [2.05, 4.69) is 21.5 Å². The van der Waals surface area contributed by atoms with Crippen LogP contribution in [0.4, 0.5) is 5.95 Å². The fourth-order valence-corrected chi connectivity index (χ4v) is 2.95. The van der Waals surface area contributed by atoms with Gasteiger partial charge in [-0.1, -0.05) is 0 Å². The summed E-state index contributed by atoms with van der Waals surface area (Å²) in [6.45, 7) is 2.07. The maximum atomic E-state index is 6.11. The zero-order chi connectivity index (χ0) is 14.3. The Bertz CT molecular complexity index is 638. The van der Waals surface area contributed by atoms with Crippen molar-refractivity contribution in [3.8, 4) is 11.5 Å². The lowest BCUT2D eigenvalue weighted by atomic mass is 10.2. The Hall–Kier alpha value is -1.95. The molecule has 1 saturated heterocycles. The number of hydrogen-bond acceptors (Lipinski definition) is 5. The summed E-state index contributed by atoms with van der Waals surface area (Å²) in [5.74, 6) is 1.93. The molecule has 0 aliphatic carbocycles. The number of fused-ring (bicyclic) bond motifs is 1. The zero-order valence-electron chi connectivity index (χ0n) is 12.1. The van der Waals surface area contributed by atoms with E-state index in [0.29, 0.717) is 23.5 Å². The van der Waals surface area contributed by atoms with Crippen molar-refractivity contribution in [2.45, 2.75) is 12.5 Å². The minimum Gasteiger partial charge on any atom is -0.493 e. The zero-order valence-corrected chi connectivity index (χ0v) is 12.1. The summed E-state index contributed by atoms with van der Waals surface area (Å²) < 4.78 is 12.8. The molecule has 2 heterocycles. The Morgan fingerprint density at radius 1 is 1.25 bits per heavy atom. The lowest BCUT2D eigenvalue weighted by Crippen LogP contribution is -2.17. The van der Waals surface area contributed by atoms with Gasteiger partial charge < -0.3 is 24.7 Å². The molecule has 0 spiro atoms. The van der Waals surface area contributed by atoms with Crippen LogP contribution in [0.3, 0.4) is 0 Å². The van der Waals surface area contributed by atoms with Crippen LogP contribution in [0, 0.1) is 0 Å². The van der Waals surface area contributed by atoms with Crippen LogP contribution in [0.15, 0.2) is 12.1 Å². The number of aromatic nitrogens is 2. The molecular weight excluding hydrogens is 256 g/mol. The monoisotopic (exact) mass is 276 g/mol. The van der Waals surface area contributed by atoms with Gasteiger partial charge in [0.1, 0.15) is 0 Å². The summed E-state index contributed by atoms with van der Waals surface area (Å²) in [4.78, 5) is 6.76. The van der Waals surface area contributed by atoms with E-state index in [1.54, 1.807) is 14.2 Å². The first kappa shape index (κ1) is 13.1. The van der Waals surface area contributed by atoms with E-state index in [1.165, 1.54) is 0 Å². The third-order valence-corrected chi connectivity index (χ3v) is 3.95. The van der Waals surface area contributed by atoms with Crippen molar-refractivity contribution in [3.63, 3.8) is 0 Å². The molecule has 6 heteroatoms. The number of imidazole rings is 1. The minimum atomic E-state index is 0.364. The molecule has 3 rings (SSSR count). The molecule has 1 aromatic heterocycles. The van der Waals surface area contributed by atoms with Gasteiger partial charge in [0.05, 0.1) is 31.3 Å². The molecule has 0 radical (unpaired) electrons. The van der Waals surface area contributed by atoms with E-state index in [1.807, 2.05) is 12.1 Å². The fraction of sp³-hybridized carbons (Fsp3) is 0.500. The highest BCUT2D eigenvalue weighted by atomic mass is 16.5. The highest BCUT2D eigenvalue weighted by molar-refractivity contribution is 5.82. The highest BCUT2D eigenvalue weighted by Gasteiger charge is 2.25. The Morgan fingerprint density at radius 2 is 1.95 bits per heavy atom. The molecule has 1 aromatic carbocycles. The van der Waals surface area contributed by atoms with Crippen molar-refractivity contribution >= 4 is 17.0 Å². The Morgan fingerprint density at radius 3 is 2.55 bits per heavy atom. The number of nitrogens with zero attached hydrogens (tertiary/aromatic N) is 3. The molecule has 2 N–H and O–H groups in total. The van der Waals surface area contributed by atoms with Crippen LogP contribution < -0.4 is 15.2 Å². The van der Waals surface area contributed by atoms with Gasteiger partial charge in [-0.2, -0.15) is 0 Å². The first-order valence-electron chi connectivity index (χ1n) is 6.72. The maximum absolute atomic E-state index is 6.11. The molecular formula is C14H20N4O2. The largest absolute Gasteiger partial charge is 0.493 e. The van der Waals surface area contributed by atoms with Crippen molar-refractivity contribution < 1.29 is 9.47 Å². The van der Waals surface area contributed by atoms with Crippen LogP contribution in [0.2, 0.25) is 0 Å². The number of benzene rings is 1. The van der Waals surface area contributed by atoms with Crippen LogP contribution in [0.5, 0.6) is 11.5 Å². The molecule has 6 nitrogen and oxygen atoms in total. The number of nitrogens with two attached hydrogens (primary N) is 1. The van der Waals surface area contributed by atoms with Crippen molar-refractivity contribution in [2.75, 3.05) is 40.1 Å². The summed E-state index contributed by atoms with van der Waals surface area (Å²) in [5.41, 5.74) is 7.96. The number of hydrogen-bond donors (Lipinski definition) is 1. The summed E-state index contributed by atoms with van der Waals surface area (Å²) in [6.07, 6.45) is 1.08. The third-order valence-electron chi connectivity index (χ3n) is 3.95. The average Bonchev–Trinajstić information content (AvgIpc) is 2.99. The molecule has 0 saturated carbocycles. The lowest BCUT2D eigenvalue weighted by molar-refractivity contribution is 0.355. The minimum absolute atomic E-state index is 0.364. The van der Waals surface area contributed by atoms with Gasteiger partial charge in [0.15, 0.2) is 11.5 Å². The normalized spacial score (nSPS) is 19.6. The summed E-state index contributed by atoms with van der Waals surface area (Å²) in [7, 11) is 5.38. The summed E-state index contributed by atoms with van der Waals surface area (Å²) >= 11 is 0. The Balaban J connectivity index is 2.14. The highest BCUT2D eigenvalue weighted by Crippen LogP contribution is 2.35. The number of nitrogen functional groups attached to an aromatic ring is 1. The topological polar surface area (TPSA) is 65.5 Å². The van der Waals surface area contributed by atoms with Crippen molar-refractivity contribution in [1.82, 2.24) is 14.5 Å². The number of anilines is 1. The molecule has 2 aromatic rings. The van der Waals surface area contributed by atoms with Crippen LogP contribution >= 0.6 is 0 Å². The van der Waals surface area contributed by atoms with Gasteiger partial charge in [0.2, 0.25) is 5.95 Å². The number of likely N-dealkylation sites (N-methyl/N-ethyl adjacent to an activating group) is 1. The van der Waals surface area contributed by atoms with Gasteiger partial charge in [-0.3, -0.25) is 0 Å². The molecule has 1 aliphatic rings. The molecule has 1 unspecified atom stereocenters. The fourth-order valence-electron chi connectivity index (χ4n) is 2.95. The van der Waals surface area contributed by atoms with E-state index in [0.717, 1.165) is 30.5 Å². The van der Waals surface area contributed by atoms with E-state index in [4.69, 9.17) is 15.2 Å². The van der Waals surface area contributed by atoms with Gasteiger partial charge in [-0.05, 0) is 20.0 Å². The van der Waals surface area contributed by atoms with Crippen molar-refractivity contribution in [3.05, 3.63) is 12.1 Å². The predicted octanol–water partition coefficient (Wildman–Crippen LogP) is 1.51. The van der Waals surface area contributed by atoms with Gasteiger partial charge in [0.25, 0.3) is 0 Å². The SMILES string of the molecule is COc1cc2nc(N)n(C3CCN(C)C3)c2cc1OC. The van der Waals surface area contributed by atoms with E-state index in [9.17, 15) is 0 Å². The number of methoxy groups -OCH3 is 2. The smallest absolute Gasteiger partial charge is 0.201 e. The first-order valence-corrected chi connectivity index (χ1v) is 6.72. The second kappa shape index (κ2) is 4.86. The van der Waals surface area contributed by atoms with Crippen LogP contribution in [-0.4, -0.2) is 48.8 Å². The average molecular weight is 276 g/mol. The number of likely N-dealkylation sites (tertiary alicyclic amines) is 1. The maximum Gasteiger partial charge on any atom is 0.201 e. The van der Waals surface area contributed by atoms with Crippen molar-refractivity contribution in [2.24, 2.45) is 0 Å². The summed E-state index contributed by atoms with van der Waals surface area (Å²) in [5, 5.41) is 0. The molecule has 0 bridgehead atoms. The Kier molecular flexibility index (Phi) is 3.17. The van der Waals surface area contributed by atoms with Gasteiger partial charge in [-0.25, -0.2) is 4.98 Å². The second-order valence-corrected chi connectivity index (χ2v) is 5.24. The van der Waals surface area contributed by atoms with E-state index in [-0.39, 0.29) is 0 Å². The van der Waals surface area contributed by atoms with Gasteiger partial charge >= 0.3 is 0 Å². The first-order chi connectivity index (χ1) is 9.63. The third kappa shape index (κ3) is 1.96. The predicted molar refractivity (Wildman–Crippen MR) is 78.4 cm³/mol. The molecule has 1 fully saturated rings. The number of rotatable bonds is 3. The second-order valence-electron chi connectivity index (χ2n) is 5.24.